The number of aryl methyl sites for hydroxylation is 2. The fourth-order valence-electron chi connectivity index (χ4n) is 5.54. The van der Waals surface area contributed by atoms with Crippen LogP contribution in [0.25, 0.3) is 16.5 Å². The Morgan fingerprint density at radius 2 is 1.81 bits per heavy atom. The highest BCUT2D eigenvalue weighted by Crippen LogP contribution is 2.32. The van der Waals surface area contributed by atoms with Gasteiger partial charge in [-0.1, -0.05) is 12.1 Å². The Bertz CT molecular complexity index is 1230. The highest BCUT2D eigenvalue weighted by Gasteiger charge is 2.27. The van der Waals surface area contributed by atoms with E-state index < -0.39 is 0 Å². The summed E-state index contributed by atoms with van der Waals surface area (Å²) in [6, 6.07) is 13.2. The van der Waals surface area contributed by atoms with Crippen LogP contribution >= 0.6 is 12.4 Å². The minimum absolute atomic E-state index is 0. The molecule has 5 nitrogen and oxygen atoms in total. The van der Waals surface area contributed by atoms with E-state index in [-0.39, 0.29) is 18.0 Å². The van der Waals surface area contributed by atoms with Crippen LogP contribution in [0.4, 0.5) is 5.69 Å². The Labute approximate surface area is 194 Å². The molecule has 1 aromatic carbocycles. The van der Waals surface area contributed by atoms with E-state index in [0.29, 0.717) is 11.4 Å². The molecule has 2 aliphatic carbocycles. The maximum Gasteiger partial charge on any atom is 0.257 e. The molecule has 0 saturated carbocycles. The number of anilines is 1. The van der Waals surface area contributed by atoms with Gasteiger partial charge in [0.2, 0.25) is 0 Å². The first-order valence-corrected chi connectivity index (χ1v) is 11.5. The summed E-state index contributed by atoms with van der Waals surface area (Å²) < 4.78 is 0. The summed E-state index contributed by atoms with van der Waals surface area (Å²) in [5.41, 5.74) is 7.40. The van der Waals surface area contributed by atoms with Gasteiger partial charge in [-0.2, -0.15) is 0 Å². The Morgan fingerprint density at radius 1 is 0.969 bits per heavy atom. The quantitative estimate of drug-likeness (QED) is 0.652. The molecule has 0 amide bonds. The van der Waals surface area contributed by atoms with Crippen LogP contribution < -0.4 is 10.5 Å². The molecule has 1 saturated heterocycles. The van der Waals surface area contributed by atoms with Crippen LogP contribution in [0, 0.1) is 0 Å². The molecular formula is C26H29ClN4O. The second kappa shape index (κ2) is 8.72. The lowest BCUT2D eigenvalue weighted by molar-refractivity contribution is 0.214. The molecule has 0 spiro atoms. The van der Waals surface area contributed by atoms with E-state index in [0.717, 1.165) is 50.2 Å². The highest BCUT2D eigenvalue weighted by molar-refractivity contribution is 5.85. The van der Waals surface area contributed by atoms with Crippen LogP contribution in [-0.2, 0) is 12.8 Å². The van der Waals surface area contributed by atoms with Gasteiger partial charge in [-0.3, -0.25) is 14.7 Å². The van der Waals surface area contributed by atoms with Gasteiger partial charge in [0.15, 0.2) is 0 Å². The predicted octanol–water partition coefficient (Wildman–Crippen LogP) is 4.20. The number of pyridine rings is 2. The molecule has 0 bridgehead atoms. The summed E-state index contributed by atoms with van der Waals surface area (Å²) in [5.74, 6) is 0. The summed E-state index contributed by atoms with van der Waals surface area (Å²) >= 11 is 0. The molecule has 6 heteroatoms. The minimum Gasteiger partial charge on any atom is -0.369 e. The first kappa shape index (κ1) is 21.2. The van der Waals surface area contributed by atoms with Crippen LogP contribution in [0.2, 0.25) is 0 Å². The van der Waals surface area contributed by atoms with Crippen molar-refractivity contribution in [2.24, 2.45) is 0 Å². The number of hydrogen-bond donors (Lipinski definition) is 1. The first-order chi connectivity index (χ1) is 15.2. The molecule has 32 heavy (non-hydrogen) atoms. The van der Waals surface area contributed by atoms with Gasteiger partial charge in [0, 0.05) is 49.8 Å². The molecule has 3 heterocycles. The van der Waals surface area contributed by atoms with Gasteiger partial charge in [-0.25, -0.2) is 0 Å². The third-order valence-electron chi connectivity index (χ3n) is 7.29. The summed E-state index contributed by atoms with van der Waals surface area (Å²) in [4.78, 5) is 25.0. The Balaban J connectivity index is 0.00000216. The number of H-pyrrole nitrogens is 1. The van der Waals surface area contributed by atoms with Crippen molar-refractivity contribution in [3.8, 4) is 0 Å². The fourth-order valence-corrected chi connectivity index (χ4v) is 5.54. The summed E-state index contributed by atoms with van der Waals surface area (Å²) in [5, 5.41) is 0.657. The lowest BCUT2D eigenvalue weighted by Crippen LogP contribution is -2.49. The van der Waals surface area contributed by atoms with E-state index in [1.54, 1.807) is 17.3 Å². The lowest BCUT2D eigenvalue weighted by Gasteiger charge is -2.38. The third kappa shape index (κ3) is 3.84. The monoisotopic (exact) mass is 448 g/mol. The van der Waals surface area contributed by atoms with Crippen LogP contribution in [-0.4, -0.2) is 47.1 Å². The van der Waals surface area contributed by atoms with Crippen molar-refractivity contribution in [1.29, 1.82) is 0 Å². The largest absolute Gasteiger partial charge is 0.369 e. The number of aromatic amines is 1. The van der Waals surface area contributed by atoms with Crippen molar-refractivity contribution < 1.29 is 0 Å². The van der Waals surface area contributed by atoms with Gasteiger partial charge < -0.3 is 9.88 Å². The zero-order chi connectivity index (χ0) is 20.8. The number of aromatic nitrogens is 2. The standard InChI is InChI=1S/C26H28N4O.ClH/c31-26-23-5-2-10-27-25(23)17-24(28-26)20-7-9-22(16-20)30-13-11-29(12-14-30)21-8-6-18-3-1-4-19(18)15-21;/h2,5-6,8,10,15-17,22H,1,3-4,7,9,11-14H2,(H,28,31);1H/t22-;/m1./s1. The normalized spacial score (nSPS) is 20.8. The van der Waals surface area contributed by atoms with Gasteiger partial charge in [0.1, 0.15) is 0 Å². The molecule has 0 radical (unpaired) electrons. The average Bonchev–Trinajstić information content (AvgIpc) is 3.49. The van der Waals surface area contributed by atoms with E-state index >= 15 is 0 Å². The Morgan fingerprint density at radius 3 is 2.69 bits per heavy atom. The number of hydrogen-bond acceptors (Lipinski definition) is 4. The van der Waals surface area contributed by atoms with Crippen molar-refractivity contribution in [3.63, 3.8) is 0 Å². The third-order valence-corrected chi connectivity index (χ3v) is 7.29. The summed E-state index contributed by atoms with van der Waals surface area (Å²) in [6.45, 7) is 4.33. The summed E-state index contributed by atoms with van der Waals surface area (Å²) in [6.07, 6.45) is 10.0. The van der Waals surface area contributed by atoms with E-state index in [9.17, 15) is 4.79 Å². The number of fused-ring (bicyclic) bond motifs is 2. The molecule has 6 rings (SSSR count). The van der Waals surface area contributed by atoms with Gasteiger partial charge in [0.05, 0.1) is 10.9 Å². The molecule has 1 fully saturated rings. The molecule has 2 aromatic heterocycles. The van der Waals surface area contributed by atoms with Gasteiger partial charge in [0.25, 0.3) is 5.56 Å². The number of piperazine rings is 1. The van der Waals surface area contributed by atoms with Crippen LogP contribution in [0.15, 0.2) is 53.5 Å². The predicted molar refractivity (Wildman–Crippen MR) is 133 cm³/mol. The summed E-state index contributed by atoms with van der Waals surface area (Å²) in [7, 11) is 0. The van der Waals surface area contributed by atoms with Gasteiger partial charge >= 0.3 is 0 Å². The van der Waals surface area contributed by atoms with Crippen LogP contribution in [0.3, 0.4) is 0 Å². The number of allylic oxidation sites excluding steroid dienone is 1. The van der Waals surface area contributed by atoms with Crippen molar-refractivity contribution in [1.82, 2.24) is 14.9 Å². The second-order valence-corrected chi connectivity index (χ2v) is 9.08. The zero-order valence-corrected chi connectivity index (χ0v) is 19.0. The van der Waals surface area contributed by atoms with E-state index in [2.05, 4.69) is 44.0 Å². The fraction of sp³-hybridized carbons (Fsp3) is 0.385. The topological polar surface area (TPSA) is 52.2 Å². The molecular weight excluding hydrogens is 420 g/mol. The van der Waals surface area contributed by atoms with Gasteiger partial charge in [-0.15, -0.1) is 12.4 Å². The van der Waals surface area contributed by atoms with Crippen molar-refractivity contribution >= 4 is 34.6 Å². The second-order valence-electron chi connectivity index (χ2n) is 9.08. The maximum atomic E-state index is 12.4. The molecule has 3 aliphatic rings. The molecule has 1 N–H and O–H groups in total. The minimum atomic E-state index is -0.0482. The molecule has 1 aliphatic heterocycles. The van der Waals surface area contributed by atoms with E-state index in [4.69, 9.17) is 0 Å². The van der Waals surface area contributed by atoms with Gasteiger partial charge in [-0.05, 0) is 79.1 Å². The number of halogens is 1. The number of rotatable bonds is 3. The van der Waals surface area contributed by atoms with E-state index in [1.165, 1.54) is 30.5 Å². The molecule has 0 unspecified atom stereocenters. The first-order valence-electron chi connectivity index (χ1n) is 11.5. The Kier molecular flexibility index (Phi) is 5.78. The maximum absolute atomic E-state index is 12.4. The number of benzene rings is 1. The van der Waals surface area contributed by atoms with Crippen molar-refractivity contribution in [2.75, 3.05) is 31.1 Å². The highest BCUT2D eigenvalue weighted by atomic mass is 35.5. The smallest absolute Gasteiger partial charge is 0.257 e. The van der Waals surface area contributed by atoms with Crippen LogP contribution in [0.5, 0.6) is 0 Å². The number of nitrogens with zero attached hydrogens (tertiary/aromatic N) is 3. The molecule has 3 aromatic rings. The zero-order valence-electron chi connectivity index (χ0n) is 18.2. The number of nitrogens with one attached hydrogen (secondary N) is 1. The van der Waals surface area contributed by atoms with Crippen LogP contribution in [0.1, 0.15) is 36.1 Å². The molecule has 166 valence electrons. The SMILES string of the molecule is Cl.O=c1[nH]c(C2=C[C@H](N3CCN(c4ccc5c(c4)CCC5)CC3)CC2)cc2ncccc12. The average molecular weight is 449 g/mol. The Hall–Kier alpha value is -2.63. The van der Waals surface area contributed by atoms with Crippen molar-refractivity contribution in [2.45, 2.75) is 38.1 Å². The van der Waals surface area contributed by atoms with Crippen molar-refractivity contribution in [3.05, 3.63) is 75.8 Å². The van der Waals surface area contributed by atoms with E-state index in [1.807, 2.05) is 18.2 Å². The lowest BCUT2D eigenvalue weighted by atomic mass is 10.1. The molecule has 1 atom stereocenters.